The van der Waals surface area contributed by atoms with Crippen LogP contribution in [0.15, 0.2) is 0 Å². The molecule has 1 fully saturated rings. The number of hydrogen-bond donors (Lipinski definition) is 1. The van der Waals surface area contributed by atoms with Crippen LogP contribution in [0.3, 0.4) is 0 Å². The predicted octanol–water partition coefficient (Wildman–Crippen LogP) is 1.34. The Morgan fingerprint density at radius 2 is 2.25 bits per heavy atom. The number of nitrogens with zero attached hydrogens (tertiary/aromatic N) is 1. The van der Waals surface area contributed by atoms with Crippen LogP contribution < -0.4 is 0 Å². The van der Waals surface area contributed by atoms with E-state index in [0.717, 1.165) is 19.6 Å². The highest BCUT2D eigenvalue weighted by molar-refractivity contribution is 5.81. The number of amidine groups is 1. The minimum Gasteiger partial charge on any atom is -0.379 e. The van der Waals surface area contributed by atoms with E-state index in [1.807, 2.05) is 11.9 Å². The molecule has 0 spiro atoms. The predicted molar refractivity (Wildman–Crippen MR) is 49.6 cm³/mol. The van der Waals surface area contributed by atoms with Crippen LogP contribution in [0.4, 0.5) is 0 Å². The van der Waals surface area contributed by atoms with Crippen molar-refractivity contribution in [2.24, 2.45) is 5.92 Å². The van der Waals surface area contributed by atoms with Crippen LogP contribution in [-0.4, -0.2) is 37.0 Å². The van der Waals surface area contributed by atoms with Crippen LogP contribution >= 0.6 is 0 Å². The summed E-state index contributed by atoms with van der Waals surface area (Å²) in [5.74, 6) is 1.03. The van der Waals surface area contributed by atoms with Crippen molar-refractivity contribution in [1.82, 2.24) is 4.90 Å². The molecule has 1 rings (SSSR count). The largest absolute Gasteiger partial charge is 0.379 e. The van der Waals surface area contributed by atoms with E-state index in [-0.39, 0.29) is 0 Å². The highest BCUT2D eigenvalue weighted by Gasteiger charge is 2.22. The first kappa shape index (κ1) is 9.52. The van der Waals surface area contributed by atoms with Gasteiger partial charge in [0.05, 0.1) is 18.5 Å². The van der Waals surface area contributed by atoms with Gasteiger partial charge in [0.2, 0.25) is 0 Å². The van der Waals surface area contributed by atoms with Gasteiger partial charge in [0, 0.05) is 19.6 Å². The minimum atomic E-state index is 0.315. The van der Waals surface area contributed by atoms with Crippen LogP contribution in [0.5, 0.6) is 0 Å². The third-order valence-corrected chi connectivity index (χ3v) is 2.38. The van der Waals surface area contributed by atoms with Crippen molar-refractivity contribution < 1.29 is 4.74 Å². The van der Waals surface area contributed by atoms with Gasteiger partial charge in [0.15, 0.2) is 0 Å². The van der Waals surface area contributed by atoms with Crippen molar-refractivity contribution in [3.8, 4) is 0 Å². The SMILES string of the molecule is CC(C)C(=N)N(C)C1CCOC1. The van der Waals surface area contributed by atoms with Gasteiger partial charge in [-0.1, -0.05) is 13.8 Å². The van der Waals surface area contributed by atoms with Gasteiger partial charge in [-0.05, 0) is 6.42 Å². The maximum Gasteiger partial charge on any atom is 0.0984 e. The molecule has 0 bridgehead atoms. The molecule has 1 aliphatic heterocycles. The lowest BCUT2D eigenvalue weighted by Crippen LogP contribution is -2.39. The third kappa shape index (κ3) is 1.97. The molecule has 0 aromatic heterocycles. The summed E-state index contributed by atoms with van der Waals surface area (Å²) >= 11 is 0. The zero-order chi connectivity index (χ0) is 9.14. The van der Waals surface area contributed by atoms with Crippen LogP contribution in [0.1, 0.15) is 20.3 Å². The van der Waals surface area contributed by atoms with Crippen LogP contribution in [-0.2, 0) is 4.74 Å². The molecule has 1 atom stereocenters. The van der Waals surface area contributed by atoms with Crippen molar-refractivity contribution in [2.45, 2.75) is 26.3 Å². The normalized spacial score (nSPS) is 23.2. The summed E-state index contributed by atoms with van der Waals surface area (Å²) in [6.07, 6.45) is 1.06. The van der Waals surface area contributed by atoms with E-state index in [9.17, 15) is 0 Å². The molecule has 12 heavy (non-hydrogen) atoms. The molecule has 1 unspecified atom stereocenters. The Bertz CT molecular complexity index is 162. The number of ether oxygens (including phenoxy) is 1. The Kier molecular flexibility index (Phi) is 3.09. The highest BCUT2D eigenvalue weighted by Crippen LogP contribution is 2.13. The van der Waals surface area contributed by atoms with Crippen LogP contribution in [0, 0.1) is 11.3 Å². The molecule has 0 saturated carbocycles. The van der Waals surface area contributed by atoms with Gasteiger partial charge >= 0.3 is 0 Å². The van der Waals surface area contributed by atoms with E-state index in [4.69, 9.17) is 10.1 Å². The molecule has 0 amide bonds. The van der Waals surface area contributed by atoms with Crippen molar-refractivity contribution in [1.29, 1.82) is 5.41 Å². The summed E-state index contributed by atoms with van der Waals surface area (Å²) in [5, 5.41) is 7.78. The Labute approximate surface area is 74.2 Å². The fourth-order valence-corrected chi connectivity index (χ4v) is 1.43. The van der Waals surface area contributed by atoms with E-state index in [2.05, 4.69) is 13.8 Å². The average Bonchev–Trinajstić information content (AvgIpc) is 2.53. The van der Waals surface area contributed by atoms with Gasteiger partial charge in [-0.15, -0.1) is 0 Å². The van der Waals surface area contributed by atoms with E-state index in [1.165, 1.54) is 0 Å². The molecular formula is C9H18N2O. The summed E-state index contributed by atoms with van der Waals surface area (Å²) in [6.45, 7) is 5.73. The molecular weight excluding hydrogens is 152 g/mol. The first-order valence-corrected chi connectivity index (χ1v) is 4.52. The second-order valence-corrected chi connectivity index (χ2v) is 3.67. The maximum atomic E-state index is 7.78. The molecule has 0 aliphatic carbocycles. The monoisotopic (exact) mass is 170 g/mol. The first-order chi connectivity index (χ1) is 5.63. The van der Waals surface area contributed by atoms with E-state index >= 15 is 0 Å². The first-order valence-electron chi connectivity index (χ1n) is 4.52. The standard InChI is InChI=1S/C9H18N2O/c1-7(2)9(10)11(3)8-4-5-12-6-8/h7-8,10H,4-6H2,1-3H3. The Morgan fingerprint density at radius 1 is 1.58 bits per heavy atom. The van der Waals surface area contributed by atoms with Crippen molar-refractivity contribution in [3.63, 3.8) is 0 Å². The summed E-state index contributed by atoms with van der Waals surface area (Å²) < 4.78 is 5.27. The van der Waals surface area contributed by atoms with Gasteiger partial charge in [0.25, 0.3) is 0 Å². The Balaban J connectivity index is 2.45. The smallest absolute Gasteiger partial charge is 0.0984 e. The molecule has 1 heterocycles. The number of hydrogen-bond acceptors (Lipinski definition) is 2. The summed E-state index contributed by atoms with van der Waals surface area (Å²) in [4.78, 5) is 2.04. The molecule has 3 nitrogen and oxygen atoms in total. The van der Waals surface area contributed by atoms with Crippen molar-refractivity contribution in [3.05, 3.63) is 0 Å². The molecule has 1 N–H and O–H groups in total. The minimum absolute atomic E-state index is 0.315. The van der Waals surface area contributed by atoms with E-state index in [0.29, 0.717) is 17.8 Å². The lowest BCUT2D eigenvalue weighted by Gasteiger charge is -2.27. The molecule has 0 aromatic rings. The second kappa shape index (κ2) is 3.90. The fraction of sp³-hybridized carbons (Fsp3) is 0.889. The maximum absolute atomic E-state index is 7.78. The molecule has 0 aromatic carbocycles. The second-order valence-electron chi connectivity index (χ2n) is 3.67. The topological polar surface area (TPSA) is 36.3 Å². The zero-order valence-corrected chi connectivity index (χ0v) is 8.13. The lowest BCUT2D eigenvalue weighted by molar-refractivity contribution is 0.178. The third-order valence-electron chi connectivity index (χ3n) is 2.38. The molecule has 70 valence electrons. The highest BCUT2D eigenvalue weighted by atomic mass is 16.5. The molecule has 3 heteroatoms. The van der Waals surface area contributed by atoms with Gasteiger partial charge < -0.3 is 9.64 Å². The van der Waals surface area contributed by atoms with Gasteiger partial charge in [-0.25, -0.2) is 0 Å². The van der Waals surface area contributed by atoms with Gasteiger partial charge in [-0.3, -0.25) is 5.41 Å². The van der Waals surface area contributed by atoms with E-state index in [1.54, 1.807) is 0 Å². The van der Waals surface area contributed by atoms with Crippen LogP contribution in [0.25, 0.3) is 0 Å². The van der Waals surface area contributed by atoms with Gasteiger partial charge in [0.1, 0.15) is 0 Å². The zero-order valence-electron chi connectivity index (χ0n) is 8.13. The van der Waals surface area contributed by atoms with Gasteiger partial charge in [-0.2, -0.15) is 0 Å². The van der Waals surface area contributed by atoms with Crippen LogP contribution in [0.2, 0.25) is 0 Å². The number of nitrogens with one attached hydrogen (secondary N) is 1. The van der Waals surface area contributed by atoms with E-state index < -0.39 is 0 Å². The Morgan fingerprint density at radius 3 is 2.67 bits per heavy atom. The number of likely N-dealkylation sites (N-methyl/N-ethyl adjacent to an activating group) is 1. The molecule has 1 saturated heterocycles. The average molecular weight is 170 g/mol. The summed E-state index contributed by atoms with van der Waals surface area (Å²) in [6, 6.07) is 0.430. The lowest BCUT2D eigenvalue weighted by atomic mass is 10.1. The quantitative estimate of drug-likeness (QED) is 0.501. The summed E-state index contributed by atoms with van der Waals surface area (Å²) in [5.41, 5.74) is 0. The summed E-state index contributed by atoms with van der Waals surface area (Å²) in [7, 11) is 1.99. The molecule has 1 aliphatic rings. The Hall–Kier alpha value is -0.570. The number of rotatable bonds is 2. The van der Waals surface area contributed by atoms with Crippen molar-refractivity contribution in [2.75, 3.05) is 20.3 Å². The fourth-order valence-electron chi connectivity index (χ4n) is 1.43. The van der Waals surface area contributed by atoms with Crippen molar-refractivity contribution >= 4 is 5.84 Å². The molecule has 0 radical (unpaired) electrons.